The van der Waals surface area contributed by atoms with Gasteiger partial charge in [-0.2, -0.15) is 5.10 Å². The first kappa shape index (κ1) is 19.9. The molecule has 0 spiro atoms. The molecule has 0 fully saturated rings. The summed E-state index contributed by atoms with van der Waals surface area (Å²) >= 11 is 6.04. The zero-order valence-electron chi connectivity index (χ0n) is 15.9. The highest BCUT2D eigenvalue weighted by atomic mass is 35.5. The molecule has 0 aliphatic carbocycles. The van der Waals surface area contributed by atoms with E-state index in [-0.39, 0.29) is 18.5 Å². The molecule has 7 heteroatoms. The van der Waals surface area contributed by atoms with E-state index < -0.39 is 0 Å². The largest absolute Gasteiger partial charge is 0.496 e. The van der Waals surface area contributed by atoms with Crippen molar-refractivity contribution in [2.45, 2.75) is 19.5 Å². The Morgan fingerprint density at radius 1 is 1.21 bits per heavy atom. The summed E-state index contributed by atoms with van der Waals surface area (Å²) < 4.78 is 7.11. The average Bonchev–Trinajstić information content (AvgIpc) is 3.12. The summed E-state index contributed by atoms with van der Waals surface area (Å²) in [5, 5.41) is 11.1. The predicted molar refractivity (Wildman–Crippen MR) is 111 cm³/mol. The molecule has 0 saturated heterocycles. The van der Waals surface area contributed by atoms with Gasteiger partial charge in [0.15, 0.2) is 0 Å². The Labute approximate surface area is 169 Å². The molecule has 3 rings (SSSR count). The molecule has 0 unspecified atom stereocenters. The number of anilines is 1. The summed E-state index contributed by atoms with van der Waals surface area (Å²) in [4.78, 5) is 12.4. The van der Waals surface area contributed by atoms with Crippen molar-refractivity contribution in [2.75, 3.05) is 19.0 Å². The zero-order valence-corrected chi connectivity index (χ0v) is 16.6. The SMILES string of the molecule is COc1ccccc1[C@@H](C)NCC(=O)Nc1ccnn1Cc1cccc(Cl)c1. The summed E-state index contributed by atoms with van der Waals surface area (Å²) in [5.74, 6) is 1.29. The number of para-hydroxylation sites is 1. The molecular formula is C21H23ClN4O2. The fraction of sp³-hybridized carbons (Fsp3) is 0.238. The lowest BCUT2D eigenvalue weighted by Crippen LogP contribution is -2.31. The predicted octanol–water partition coefficient (Wildman–Crippen LogP) is 3.88. The van der Waals surface area contributed by atoms with E-state index in [9.17, 15) is 4.79 Å². The van der Waals surface area contributed by atoms with Crippen molar-refractivity contribution in [1.29, 1.82) is 0 Å². The molecular weight excluding hydrogens is 376 g/mol. The third-order valence-electron chi connectivity index (χ3n) is 4.38. The molecule has 3 aromatic rings. The highest BCUT2D eigenvalue weighted by molar-refractivity contribution is 6.30. The van der Waals surface area contributed by atoms with E-state index in [1.54, 1.807) is 24.1 Å². The Bertz CT molecular complexity index is 941. The van der Waals surface area contributed by atoms with Crippen LogP contribution in [0.1, 0.15) is 24.1 Å². The van der Waals surface area contributed by atoms with Gasteiger partial charge in [-0.3, -0.25) is 4.79 Å². The third kappa shape index (κ3) is 5.12. The van der Waals surface area contributed by atoms with Gasteiger partial charge in [-0.15, -0.1) is 0 Å². The van der Waals surface area contributed by atoms with Crippen LogP contribution in [0.15, 0.2) is 60.8 Å². The quantitative estimate of drug-likeness (QED) is 0.604. The Morgan fingerprint density at radius 2 is 2.04 bits per heavy atom. The number of halogens is 1. The van der Waals surface area contributed by atoms with Gasteiger partial charge in [-0.05, 0) is 30.7 Å². The normalized spacial score (nSPS) is 11.8. The van der Waals surface area contributed by atoms with E-state index in [2.05, 4.69) is 15.7 Å². The first-order chi connectivity index (χ1) is 13.6. The molecule has 146 valence electrons. The van der Waals surface area contributed by atoms with E-state index in [4.69, 9.17) is 16.3 Å². The number of aromatic nitrogens is 2. The molecule has 28 heavy (non-hydrogen) atoms. The second kappa shape index (κ2) is 9.39. The van der Waals surface area contributed by atoms with Crippen molar-refractivity contribution in [3.8, 4) is 5.75 Å². The number of nitrogens with zero attached hydrogens (tertiary/aromatic N) is 2. The highest BCUT2D eigenvalue weighted by Crippen LogP contribution is 2.24. The number of methoxy groups -OCH3 is 1. The number of rotatable bonds is 8. The van der Waals surface area contributed by atoms with Crippen LogP contribution in [0.25, 0.3) is 0 Å². The third-order valence-corrected chi connectivity index (χ3v) is 4.61. The maximum Gasteiger partial charge on any atom is 0.239 e. The van der Waals surface area contributed by atoms with E-state index in [0.717, 1.165) is 16.9 Å². The molecule has 0 aliphatic rings. The van der Waals surface area contributed by atoms with Gasteiger partial charge in [0.2, 0.25) is 5.91 Å². The Balaban J connectivity index is 1.58. The van der Waals surface area contributed by atoms with Crippen LogP contribution >= 0.6 is 11.6 Å². The topological polar surface area (TPSA) is 68.2 Å². The van der Waals surface area contributed by atoms with Crippen molar-refractivity contribution in [2.24, 2.45) is 0 Å². The lowest BCUT2D eigenvalue weighted by molar-refractivity contribution is -0.115. The molecule has 2 N–H and O–H groups in total. The van der Waals surface area contributed by atoms with Crippen LogP contribution in [0.3, 0.4) is 0 Å². The average molecular weight is 399 g/mol. The summed E-state index contributed by atoms with van der Waals surface area (Å²) in [6.45, 7) is 2.68. The number of hydrogen-bond acceptors (Lipinski definition) is 4. The van der Waals surface area contributed by atoms with Gasteiger partial charge in [0.25, 0.3) is 0 Å². The number of carbonyl (C=O) groups excluding carboxylic acids is 1. The fourth-order valence-electron chi connectivity index (χ4n) is 2.94. The summed E-state index contributed by atoms with van der Waals surface area (Å²) in [5.41, 5.74) is 2.01. The van der Waals surface area contributed by atoms with Crippen LogP contribution in [0.5, 0.6) is 5.75 Å². The smallest absolute Gasteiger partial charge is 0.239 e. The van der Waals surface area contributed by atoms with E-state index in [1.807, 2.05) is 55.5 Å². The maximum atomic E-state index is 12.4. The number of carbonyl (C=O) groups is 1. The van der Waals surface area contributed by atoms with Crippen molar-refractivity contribution in [3.63, 3.8) is 0 Å². The van der Waals surface area contributed by atoms with Crippen molar-refractivity contribution in [1.82, 2.24) is 15.1 Å². The number of amides is 1. The molecule has 0 saturated carbocycles. The van der Waals surface area contributed by atoms with Gasteiger partial charge in [0.1, 0.15) is 11.6 Å². The van der Waals surface area contributed by atoms with Gasteiger partial charge in [-0.25, -0.2) is 4.68 Å². The second-order valence-electron chi connectivity index (χ2n) is 6.40. The van der Waals surface area contributed by atoms with Gasteiger partial charge in [0, 0.05) is 22.7 Å². The summed E-state index contributed by atoms with van der Waals surface area (Å²) in [6.07, 6.45) is 1.66. The second-order valence-corrected chi connectivity index (χ2v) is 6.83. The monoisotopic (exact) mass is 398 g/mol. The van der Waals surface area contributed by atoms with Crippen LogP contribution in [-0.2, 0) is 11.3 Å². The van der Waals surface area contributed by atoms with Crippen LogP contribution in [0, 0.1) is 0 Å². The van der Waals surface area contributed by atoms with Gasteiger partial charge in [0.05, 0.1) is 26.4 Å². The summed E-state index contributed by atoms with van der Waals surface area (Å²) in [6, 6.07) is 17.1. The number of benzene rings is 2. The van der Waals surface area contributed by atoms with Crippen LogP contribution in [0.2, 0.25) is 5.02 Å². The van der Waals surface area contributed by atoms with E-state index in [0.29, 0.717) is 17.4 Å². The molecule has 0 radical (unpaired) electrons. The van der Waals surface area contributed by atoms with Gasteiger partial charge < -0.3 is 15.4 Å². The lowest BCUT2D eigenvalue weighted by atomic mass is 10.1. The number of hydrogen-bond donors (Lipinski definition) is 2. The van der Waals surface area contributed by atoms with Gasteiger partial charge >= 0.3 is 0 Å². The first-order valence-electron chi connectivity index (χ1n) is 8.99. The molecule has 2 aromatic carbocycles. The molecule has 0 bridgehead atoms. The minimum atomic E-state index is -0.144. The number of ether oxygens (including phenoxy) is 1. The molecule has 6 nitrogen and oxygen atoms in total. The van der Waals surface area contributed by atoms with Crippen LogP contribution in [-0.4, -0.2) is 29.3 Å². The number of nitrogens with one attached hydrogen (secondary N) is 2. The molecule has 1 atom stereocenters. The van der Waals surface area contributed by atoms with E-state index >= 15 is 0 Å². The van der Waals surface area contributed by atoms with Crippen molar-refractivity contribution < 1.29 is 9.53 Å². The Hall–Kier alpha value is -2.83. The van der Waals surface area contributed by atoms with E-state index in [1.165, 1.54) is 0 Å². The Morgan fingerprint density at radius 3 is 2.82 bits per heavy atom. The van der Waals surface area contributed by atoms with Crippen molar-refractivity contribution >= 4 is 23.3 Å². The van der Waals surface area contributed by atoms with Crippen LogP contribution < -0.4 is 15.4 Å². The minimum absolute atomic E-state index is 0.0294. The zero-order chi connectivity index (χ0) is 19.9. The van der Waals surface area contributed by atoms with Crippen molar-refractivity contribution in [3.05, 3.63) is 76.9 Å². The molecule has 1 amide bonds. The summed E-state index contributed by atoms with van der Waals surface area (Å²) in [7, 11) is 1.64. The molecule has 1 heterocycles. The first-order valence-corrected chi connectivity index (χ1v) is 9.37. The minimum Gasteiger partial charge on any atom is -0.496 e. The molecule has 1 aromatic heterocycles. The fourth-order valence-corrected chi connectivity index (χ4v) is 3.15. The van der Waals surface area contributed by atoms with Crippen LogP contribution in [0.4, 0.5) is 5.82 Å². The Kier molecular flexibility index (Phi) is 6.68. The van der Waals surface area contributed by atoms with Gasteiger partial charge in [-0.1, -0.05) is 41.9 Å². The maximum absolute atomic E-state index is 12.4. The highest BCUT2D eigenvalue weighted by Gasteiger charge is 2.13. The molecule has 0 aliphatic heterocycles. The lowest BCUT2D eigenvalue weighted by Gasteiger charge is -2.17. The standard InChI is InChI=1S/C21H23ClN4O2/c1-15(18-8-3-4-9-19(18)28-2)23-13-21(27)25-20-10-11-24-26(20)14-16-6-5-7-17(22)12-16/h3-12,15,23H,13-14H2,1-2H3,(H,25,27)/t15-/m1/s1.